The van der Waals surface area contributed by atoms with Gasteiger partial charge in [0, 0.05) is 81.5 Å². The van der Waals surface area contributed by atoms with Crippen LogP contribution in [0.5, 0.6) is 0 Å². The minimum Gasteiger partial charge on any atom is -0.447 e. The van der Waals surface area contributed by atoms with Gasteiger partial charge in [0.15, 0.2) is 18.2 Å². The van der Waals surface area contributed by atoms with E-state index in [2.05, 4.69) is 99.7 Å². The van der Waals surface area contributed by atoms with E-state index in [1.165, 1.54) is 66.0 Å². The van der Waals surface area contributed by atoms with Gasteiger partial charge in [0.1, 0.15) is 5.52 Å². The SMILES string of the molecule is CNc1cc2cc3cc(C=O)sc3cc2s1.COCCOCCOCCOCCOCCN(C)c1cc2cc3cc(C=O)sc3cc2s1.[C-]#[N+]/C(=C\c1cc2cc3cc(N(C)CCOCCOCCOCCOCCOC)sc3cc2s1)c1nc2ccccc2o1. The summed E-state index contributed by atoms with van der Waals surface area (Å²) in [7, 11) is 9.40. The predicted octanol–water partition coefficient (Wildman–Crippen LogP) is 14.9. The molecule has 0 bridgehead atoms. The number of nitrogens with zero attached hydrogens (tertiary/aromatic N) is 4. The summed E-state index contributed by atoms with van der Waals surface area (Å²) in [5, 5.41) is 13.8. The Balaban J connectivity index is 0.000000178. The molecule has 1 N–H and O–H groups in total. The fourth-order valence-electron chi connectivity index (χ4n) is 9.14. The number of ether oxygens (including phenoxy) is 10. The molecule has 0 fully saturated rings. The molecule has 24 heteroatoms. The number of nitrogens with one attached hydrogen (secondary N) is 1. The van der Waals surface area contributed by atoms with Crippen LogP contribution in [0, 0.1) is 6.57 Å². The fourth-order valence-corrected chi connectivity index (χ4v) is 15.3. The lowest BCUT2D eigenvalue weighted by molar-refractivity contribution is -0.00719. The van der Waals surface area contributed by atoms with Crippen molar-refractivity contribution in [1.29, 1.82) is 0 Å². The third-order valence-electron chi connectivity index (χ3n) is 13.9. The average Bonchev–Trinajstić information content (AvgIpc) is 1.83. The highest BCUT2D eigenvalue weighted by Crippen LogP contribution is 2.40. The van der Waals surface area contributed by atoms with Gasteiger partial charge in [0.05, 0.1) is 150 Å². The Kier molecular flexibility index (Phi) is 27.9. The van der Waals surface area contributed by atoms with Crippen LogP contribution in [-0.2, 0) is 47.4 Å². The highest BCUT2D eigenvalue weighted by molar-refractivity contribution is 7.25. The number of carbonyl (C=O) groups is 2. The third-order valence-corrected chi connectivity index (χ3v) is 20.5. The van der Waals surface area contributed by atoms with Gasteiger partial charge in [-0.3, -0.25) is 9.59 Å². The van der Waals surface area contributed by atoms with Crippen molar-refractivity contribution in [3.63, 3.8) is 0 Å². The smallest absolute Gasteiger partial charge is 0.249 e. The van der Waals surface area contributed by atoms with Gasteiger partial charge in [-0.15, -0.1) is 68.0 Å². The first-order valence-electron chi connectivity index (χ1n) is 29.6. The standard InChI is InChI=1S/C32H35N3O6S2.C23H31NO6S2.C12H9NOS2/c1-33-27(32-34-26-6-4-5-7-28(26)41-32)21-25-19-23-18-24-20-31(43-30(24)22-29(23)42-25)35(2)8-9-37-12-13-39-16-17-40-15-14-38-11-10-36-3;1-24(3-4-27-7-8-29-11-12-30-10-9-28-6-5-26-2)23-15-19-13-18-14-20(17-25)31-21(18)16-22(19)32-23;1-13-12-4-8-2-7-3-9(6-14)15-10(7)5-11(8)16-12/h4-7,18-22H,8-17H2,2-3H3;13-17H,3-12H2,1-2H3;2-6,13H,1H3/b27-21-;;. The first-order valence-corrected chi connectivity index (χ1v) is 34.5. The summed E-state index contributed by atoms with van der Waals surface area (Å²) in [6, 6.07) is 33.2. The average molecular weight is 1350 g/mol. The number of likely N-dealkylation sites (N-methyl/N-ethyl adjacent to an activating group) is 2. The Morgan fingerprint density at radius 3 is 1.27 bits per heavy atom. The molecule has 7 aromatic heterocycles. The van der Waals surface area contributed by atoms with E-state index in [4.69, 9.17) is 58.4 Å². The second-order valence-corrected chi connectivity index (χ2v) is 26.9. The van der Waals surface area contributed by atoms with Crippen LogP contribution in [0.15, 0.2) is 101 Å². The van der Waals surface area contributed by atoms with Crippen LogP contribution in [0.2, 0.25) is 0 Å². The Hall–Kier alpha value is -6.32. The maximum absolute atomic E-state index is 11.0. The molecular formula is C67H75N5O13S6. The van der Waals surface area contributed by atoms with Crippen molar-refractivity contribution >= 4 is 179 Å². The lowest BCUT2D eigenvalue weighted by Crippen LogP contribution is -2.22. The topological polar surface area (TPSA) is 175 Å². The number of fused-ring (bicyclic) bond motifs is 7. The van der Waals surface area contributed by atoms with Crippen LogP contribution < -0.4 is 15.1 Å². The van der Waals surface area contributed by atoms with Gasteiger partial charge in [-0.25, -0.2) is 9.83 Å². The zero-order valence-corrected chi connectivity index (χ0v) is 56.6. The molecule has 91 heavy (non-hydrogen) atoms. The van der Waals surface area contributed by atoms with Crippen molar-refractivity contribution in [1.82, 2.24) is 4.98 Å². The lowest BCUT2D eigenvalue weighted by atomic mass is 10.2. The van der Waals surface area contributed by atoms with Crippen molar-refractivity contribution in [3.8, 4) is 0 Å². The summed E-state index contributed by atoms with van der Waals surface area (Å²) in [6.45, 7) is 19.6. The van der Waals surface area contributed by atoms with Crippen molar-refractivity contribution < 1.29 is 61.4 Å². The summed E-state index contributed by atoms with van der Waals surface area (Å²) in [5.41, 5.74) is 1.82. The van der Waals surface area contributed by atoms with Crippen LogP contribution >= 0.6 is 68.0 Å². The maximum atomic E-state index is 11.0. The van der Waals surface area contributed by atoms with E-state index >= 15 is 0 Å². The predicted molar refractivity (Wildman–Crippen MR) is 377 cm³/mol. The second kappa shape index (κ2) is 36.8. The molecule has 0 saturated heterocycles. The van der Waals surface area contributed by atoms with Crippen LogP contribution in [-0.4, -0.2) is 185 Å². The summed E-state index contributed by atoms with van der Waals surface area (Å²) in [5.74, 6) is 0.347. The number of anilines is 3. The molecule has 4 aromatic carbocycles. The van der Waals surface area contributed by atoms with Gasteiger partial charge < -0.3 is 66.9 Å². The van der Waals surface area contributed by atoms with E-state index in [9.17, 15) is 9.59 Å². The summed E-state index contributed by atoms with van der Waals surface area (Å²) < 4.78 is 67.0. The van der Waals surface area contributed by atoms with Crippen LogP contribution in [0.1, 0.15) is 30.1 Å². The highest BCUT2D eigenvalue weighted by Gasteiger charge is 2.15. The number of benzene rings is 4. The van der Waals surface area contributed by atoms with Crippen LogP contribution in [0.25, 0.3) is 88.2 Å². The quantitative estimate of drug-likeness (QED) is 0.0221. The van der Waals surface area contributed by atoms with Crippen molar-refractivity contribution in [2.45, 2.75) is 0 Å². The molecule has 0 unspecified atom stereocenters. The van der Waals surface area contributed by atoms with Crippen LogP contribution in [0.4, 0.5) is 15.0 Å². The van der Waals surface area contributed by atoms with E-state index in [1.807, 2.05) is 49.5 Å². The number of thiophene rings is 6. The second-order valence-electron chi connectivity index (χ2n) is 20.4. The molecule has 0 atom stereocenters. The monoisotopic (exact) mass is 1350 g/mol. The van der Waals surface area contributed by atoms with Gasteiger partial charge in [-0.2, -0.15) is 0 Å². The molecule has 18 nitrogen and oxygen atoms in total. The fraction of sp³-hybridized carbons (Fsp3) is 0.373. The van der Waals surface area contributed by atoms with Crippen molar-refractivity contribution in [2.24, 2.45) is 0 Å². The van der Waals surface area contributed by atoms with Gasteiger partial charge in [-0.05, 0) is 123 Å². The van der Waals surface area contributed by atoms with E-state index in [0.29, 0.717) is 136 Å². The number of hydrogen-bond acceptors (Lipinski definition) is 23. The molecule has 0 radical (unpaired) electrons. The van der Waals surface area contributed by atoms with Gasteiger partial charge in [0.25, 0.3) is 0 Å². The molecule has 0 spiro atoms. The van der Waals surface area contributed by atoms with E-state index < -0.39 is 0 Å². The van der Waals surface area contributed by atoms with Gasteiger partial charge in [-0.1, -0.05) is 12.1 Å². The number of hydrogen-bond donors (Lipinski definition) is 1. The van der Waals surface area contributed by atoms with E-state index in [-0.39, 0.29) is 0 Å². The van der Waals surface area contributed by atoms with Crippen LogP contribution in [0.3, 0.4) is 0 Å². The number of oxazole rings is 1. The number of para-hydroxylation sites is 2. The Morgan fingerprint density at radius 2 is 0.857 bits per heavy atom. The zero-order valence-electron chi connectivity index (χ0n) is 51.7. The van der Waals surface area contributed by atoms with Gasteiger partial charge >= 0.3 is 0 Å². The van der Waals surface area contributed by atoms with Gasteiger partial charge in [0.2, 0.25) is 11.6 Å². The molecular weight excluding hydrogens is 1280 g/mol. The molecule has 0 amide bonds. The van der Waals surface area contributed by atoms with E-state index in [0.717, 1.165) is 66.7 Å². The van der Waals surface area contributed by atoms with E-state index in [1.54, 1.807) is 70.9 Å². The summed E-state index contributed by atoms with van der Waals surface area (Å²) >= 11 is 10.0. The minimum atomic E-state index is 0.347. The number of aromatic nitrogens is 1. The first kappa shape index (κ1) is 69.0. The molecule has 0 aliphatic carbocycles. The normalized spacial score (nSPS) is 11.7. The first-order chi connectivity index (χ1) is 44.6. The Bertz CT molecular complexity index is 3930. The number of aldehydes is 2. The third kappa shape index (κ3) is 20.6. The summed E-state index contributed by atoms with van der Waals surface area (Å²) in [6.07, 6.45) is 3.69. The maximum Gasteiger partial charge on any atom is 0.249 e. The lowest BCUT2D eigenvalue weighted by Gasteiger charge is -2.16. The summed E-state index contributed by atoms with van der Waals surface area (Å²) in [4.78, 5) is 36.9. The number of carbonyl (C=O) groups excluding carboxylic acids is 2. The minimum absolute atomic E-state index is 0.347. The molecule has 0 aliphatic heterocycles. The largest absolute Gasteiger partial charge is 0.447 e. The Labute approximate surface area is 553 Å². The number of rotatable bonds is 37. The molecule has 0 saturated carbocycles. The molecule has 482 valence electrons. The number of methoxy groups -OCH3 is 2. The molecule has 11 aromatic rings. The molecule has 7 heterocycles. The Morgan fingerprint density at radius 1 is 0.484 bits per heavy atom. The van der Waals surface area contributed by atoms with Crippen molar-refractivity contribution in [3.05, 3.63) is 129 Å². The zero-order chi connectivity index (χ0) is 63.6. The highest BCUT2D eigenvalue weighted by atomic mass is 32.1. The van der Waals surface area contributed by atoms with Crippen molar-refractivity contribution in [2.75, 3.05) is 182 Å². The molecule has 11 rings (SSSR count). The molecule has 0 aliphatic rings.